The van der Waals surface area contributed by atoms with Gasteiger partial charge in [0.15, 0.2) is 0 Å². The highest BCUT2D eigenvalue weighted by atomic mass is 35.5. The van der Waals surface area contributed by atoms with E-state index in [4.69, 9.17) is 11.6 Å². The van der Waals surface area contributed by atoms with Gasteiger partial charge in [-0.15, -0.1) is 0 Å². The number of piperidine rings is 2. The van der Waals surface area contributed by atoms with Crippen LogP contribution in [0.4, 0.5) is 5.82 Å². The first kappa shape index (κ1) is 20.1. The zero-order valence-electron chi connectivity index (χ0n) is 16.6. The zero-order chi connectivity index (χ0) is 20.1. The quantitative estimate of drug-likeness (QED) is 0.815. The minimum atomic E-state index is 0.0729. The van der Waals surface area contributed by atoms with Crippen LogP contribution in [0.1, 0.15) is 31.2 Å². The molecular weight excluding hydrogens is 386 g/mol. The molecule has 4 rings (SSSR count). The lowest BCUT2D eigenvalue weighted by molar-refractivity contribution is -0.127. The smallest absolute Gasteiger partial charge is 0.224 e. The van der Waals surface area contributed by atoms with Crippen LogP contribution < -0.4 is 10.2 Å². The molecule has 1 N–H and O–H groups in total. The van der Waals surface area contributed by atoms with Crippen molar-refractivity contribution in [3.8, 4) is 0 Å². The van der Waals surface area contributed by atoms with Crippen molar-refractivity contribution >= 4 is 23.3 Å². The van der Waals surface area contributed by atoms with Crippen molar-refractivity contribution < 1.29 is 4.79 Å². The molecule has 2 aromatic rings. The number of halogens is 1. The summed E-state index contributed by atoms with van der Waals surface area (Å²) >= 11 is 6.31. The van der Waals surface area contributed by atoms with Crippen LogP contribution in [0.15, 0.2) is 42.9 Å². The van der Waals surface area contributed by atoms with Crippen LogP contribution in [-0.4, -0.2) is 53.0 Å². The number of anilines is 1. The van der Waals surface area contributed by atoms with Gasteiger partial charge in [-0.05, 0) is 56.0 Å². The molecule has 154 valence electrons. The molecule has 1 amide bonds. The number of aromatic nitrogens is 2. The third-order valence-electron chi connectivity index (χ3n) is 6.03. The molecule has 0 spiro atoms. The van der Waals surface area contributed by atoms with Crippen molar-refractivity contribution in [1.82, 2.24) is 20.2 Å². The standard InChI is InChI=1S/C22H28ClN5O/c23-20-6-2-10-25-21(20)27-12-7-19(8-13-27)28-11-3-5-18(16-28)22(29)26-15-17-4-1-9-24-14-17/h1-2,4,6,9-10,14,18-19H,3,5,7-8,11-13,15-16H2,(H,26,29)/t18-/m1/s1. The van der Waals surface area contributed by atoms with Gasteiger partial charge < -0.3 is 10.2 Å². The lowest BCUT2D eigenvalue weighted by atomic mass is 9.93. The van der Waals surface area contributed by atoms with Crippen molar-refractivity contribution in [2.75, 3.05) is 31.1 Å². The maximum Gasteiger partial charge on any atom is 0.224 e. The second kappa shape index (κ2) is 9.55. The normalized spacial score (nSPS) is 21.1. The molecule has 0 bridgehead atoms. The highest BCUT2D eigenvalue weighted by molar-refractivity contribution is 6.32. The SMILES string of the molecule is O=C(NCc1cccnc1)[C@@H]1CCCN(C2CCN(c3ncccc3Cl)CC2)C1. The second-order valence-corrected chi connectivity index (χ2v) is 8.35. The Balaban J connectivity index is 1.28. The molecule has 2 aromatic heterocycles. The second-order valence-electron chi connectivity index (χ2n) is 7.94. The monoisotopic (exact) mass is 413 g/mol. The number of likely N-dealkylation sites (tertiary alicyclic amines) is 1. The first-order chi connectivity index (χ1) is 14.2. The summed E-state index contributed by atoms with van der Waals surface area (Å²) in [5.41, 5.74) is 1.04. The van der Waals surface area contributed by atoms with Gasteiger partial charge in [0.1, 0.15) is 5.82 Å². The van der Waals surface area contributed by atoms with Gasteiger partial charge in [-0.3, -0.25) is 14.7 Å². The fourth-order valence-electron chi connectivity index (χ4n) is 4.44. The Bertz CT molecular complexity index is 810. The first-order valence-electron chi connectivity index (χ1n) is 10.5. The van der Waals surface area contributed by atoms with Crippen molar-refractivity contribution in [3.05, 3.63) is 53.4 Å². The Kier molecular flexibility index (Phi) is 6.62. The highest BCUT2D eigenvalue weighted by Gasteiger charge is 2.32. The van der Waals surface area contributed by atoms with Crippen LogP contribution in [0.5, 0.6) is 0 Å². The molecule has 29 heavy (non-hydrogen) atoms. The summed E-state index contributed by atoms with van der Waals surface area (Å²) < 4.78 is 0. The predicted octanol–water partition coefficient (Wildman–Crippen LogP) is 3.13. The molecule has 7 heteroatoms. The topological polar surface area (TPSA) is 61.4 Å². The molecule has 0 aromatic carbocycles. The fraction of sp³-hybridized carbons (Fsp3) is 0.500. The van der Waals surface area contributed by atoms with Gasteiger partial charge in [-0.1, -0.05) is 17.7 Å². The molecular formula is C22H28ClN5O. The van der Waals surface area contributed by atoms with Gasteiger partial charge >= 0.3 is 0 Å². The largest absolute Gasteiger partial charge is 0.355 e. The molecule has 0 unspecified atom stereocenters. The van der Waals surface area contributed by atoms with E-state index in [9.17, 15) is 4.79 Å². The maximum atomic E-state index is 12.7. The molecule has 0 radical (unpaired) electrons. The summed E-state index contributed by atoms with van der Waals surface area (Å²) in [6.45, 7) is 4.40. The van der Waals surface area contributed by atoms with Crippen molar-refractivity contribution in [3.63, 3.8) is 0 Å². The van der Waals surface area contributed by atoms with Crippen LogP contribution in [-0.2, 0) is 11.3 Å². The van der Waals surface area contributed by atoms with Crippen LogP contribution in [0, 0.1) is 5.92 Å². The fourth-order valence-corrected chi connectivity index (χ4v) is 4.68. The number of rotatable bonds is 5. The third kappa shape index (κ3) is 5.06. The van der Waals surface area contributed by atoms with E-state index in [0.717, 1.165) is 63.2 Å². The van der Waals surface area contributed by atoms with Gasteiger partial charge in [0.2, 0.25) is 5.91 Å². The summed E-state index contributed by atoms with van der Waals surface area (Å²) in [5.74, 6) is 1.12. The summed E-state index contributed by atoms with van der Waals surface area (Å²) in [6, 6.07) is 8.18. The summed E-state index contributed by atoms with van der Waals surface area (Å²) in [4.78, 5) is 26.0. The van der Waals surface area contributed by atoms with E-state index in [0.29, 0.717) is 17.6 Å². The van der Waals surface area contributed by atoms with Crippen molar-refractivity contribution in [2.45, 2.75) is 38.3 Å². The lowest BCUT2D eigenvalue weighted by Gasteiger charge is -2.42. The van der Waals surface area contributed by atoms with Gasteiger partial charge in [0, 0.05) is 50.8 Å². The molecule has 2 fully saturated rings. The molecule has 0 saturated carbocycles. The number of hydrogen-bond donors (Lipinski definition) is 1. The third-order valence-corrected chi connectivity index (χ3v) is 6.33. The van der Waals surface area contributed by atoms with Gasteiger partial charge in [0.25, 0.3) is 0 Å². The van der Waals surface area contributed by atoms with Crippen LogP contribution in [0.25, 0.3) is 0 Å². The minimum Gasteiger partial charge on any atom is -0.355 e. The Hall–Kier alpha value is -2.18. The minimum absolute atomic E-state index is 0.0729. The van der Waals surface area contributed by atoms with E-state index < -0.39 is 0 Å². The molecule has 2 aliphatic rings. The molecule has 6 nitrogen and oxygen atoms in total. The Morgan fingerprint density at radius 1 is 1.14 bits per heavy atom. The number of carbonyl (C=O) groups excluding carboxylic acids is 1. The zero-order valence-corrected chi connectivity index (χ0v) is 17.4. The Labute approximate surface area is 177 Å². The average molecular weight is 414 g/mol. The van der Waals surface area contributed by atoms with E-state index in [1.807, 2.05) is 24.3 Å². The maximum absolute atomic E-state index is 12.7. The molecule has 2 aliphatic heterocycles. The average Bonchev–Trinajstić information content (AvgIpc) is 2.79. The molecule has 0 aliphatic carbocycles. The van der Waals surface area contributed by atoms with Crippen molar-refractivity contribution in [2.24, 2.45) is 5.92 Å². The number of pyridine rings is 2. The van der Waals surface area contributed by atoms with E-state index in [-0.39, 0.29) is 11.8 Å². The van der Waals surface area contributed by atoms with Crippen LogP contribution in [0.2, 0.25) is 5.02 Å². The van der Waals surface area contributed by atoms with E-state index in [2.05, 4.69) is 25.1 Å². The predicted molar refractivity (Wildman–Crippen MR) is 115 cm³/mol. The molecule has 2 saturated heterocycles. The lowest BCUT2D eigenvalue weighted by Crippen LogP contribution is -2.51. The van der Waals surface area contributed by atoms with E-state index >= 15 is 0 Å². The number of nitrogens with zero attached hydrogens (tertiary/aromatic N) is 4. The number of carbonyl (C=O) groups is 1. The molecule has 4 heterocycles. The van der Waals surface area contributed by atoms with E-state index in [1.165, 1.54) is 0 Å². The van der Waals surface area contributed by atoms with Crippen LogP contribution in [0.3, 0.4) is 0 Å². The van der Waals surface area contributed by atoms with Gasteiger partial charge in [-0.25, -0.2) is 4.98 Å². The van der Waals surface area contributed by atoms with Crippen LogP contribution >= 0.6 is 11.6 Å². The van der Waals surface area contributed by atoms with E-state index in [1.54, 1.807) is 18.6 Å². The Morgan fingerprint density at radius 2 is 1.97 bits per heavy atom. The summed E-state index contributed by atoms with van der Waals surface area (Å²) in [7, 11) is 0. The Morgan fingerprint density at radius 3 is 2.72 bits per heavy atom. The molecule has 1 atom stereocenters. The number of nitrogens with one attached hydrogen (secondary N) is 1. The van der Waals surface area contributed by atoms with Gasteiger partial charge in [-0.2, -0.15) is 0 Å². The number of hydrogen-bond acceptors (Lipinski definition) is 5. The van der Waals surface area contributed by atoms with Crippen molar-refractivity contribution in [1.29, 1.82) is 0 Å². The summed E-state index contributed by atoms with van der Waals surface area (Å²) in [6.07, 6.45) is 9.56. The number of amides is 1. The summed E-state index contributed by atoms with van der Waals surface area (Å²) in [5, 5.41) is 3.81. The highest BCUT2D eigenvalue weighted by Crippen LogP contribution is 2.28. The first-order valence-corrected chi connectivity index (χ1v) is 10.8. The van der Waals surface area contributed by atoms with Gasteiger partial charge in [0.05, 0.1) is 10.9 Å².